The minimum atomic E-state index is 0.00741. The van der Waals surface area contributed by atoms with Crippen LogP contribution in [-0.4, -0.2) is 24.3 Å². The van der Waals surface area contributed by atoms with E-state index in [2.05, 4.69) is 5.32 Å². The van der Waals surface area contributed by atoms with E-state index in [1.165, 1.54) is 51.4 Å². The van der Waals surface area contributed by atoms with Crippen molar-refractivity contribution in [2.24, 2.45) is 29.1 Å². The maximum atomic E-state index is 11.0. The molecule has 4 bridgehead atoms. The quantitative estimate of drug-likeness (QED) is 0.788. The van der Waals surface area contributed by atoms with Gasteiger partial charge in [0.25, 0.3) is 0 Å². The van der Waals surface area contributed by atoms with E-state index in [4.69, 9.17) is 0 Å². The molecular formula is C16H27NO. The smallest absolute Gasteiger partial charge is 0.0625 e. The van der Waals surface area contributed by atoms with Crippen LogP contribution >= 0.6 is 0 Å². The van der Waals surface area contributed by atoms with Gasteiger partial charge in [0.15, 0.2) is 0 Å². The van der Waals surface area contributed by atoms with Crippen molar-refractivity contribution in [3.05, 3.63) is 0 Å². The van der Waals surface area contributed by atoms with Gasteiger partial charge in [0.05, 0.1) is 6.10 Å². The van der Waals surface area contributed by atoms with Crippen LogP contribution in [0.15, 0.2) is 0 Å². The van der Waals surface area contributed by atoms with E-state index in [-0.39, 0.29) is 6.10 Å². The first-order valence-electron chi connectivity index (χ1n) is 8.14. The molecule has 1 unspecified atom stereocenters. The first-order chi connectivity index (χ1) is 8.75. The lowest BCUT2D eigenvalue weighted by atomic mass is 9.47. The monoisotopic (exact) mass is 249 g/mol. The molecule has 1 saturated heterocycles. The summed E-state index contributed by atoms with van der Waals surface area (Å²) in [7, 11) is 0. The van der Waals surface area contributed by atoms with E-state index >= 15 is 0 Å². The maximum absolute atomic E-state index is 11.0. The van der Waals surface area contributed by atoms with Gasteiger partial charge in [-0.2, -0.15) is 0 Å². The van der Waals surface area contributed by atoms with Crippen molar-refractivity contribution in [3.8, 4) is 0 Å². The molecule has 2 nitrogen and oxygen atoms in total. The molecule has 1 aliphatic heterocycles. The molecule has 0 aromatic carbocycles. The van der Waals surface area contributed by atoms with Gasteiger partial charge in [-0.1, -0.05) is 0 Å². The third-order valence-electron chi connectivity index (χ3n) is 6.54. The van der Waals surface area contributed by atoms with Gasteiger partial charge in [-0.3, -0.25) is 0 Å². The van der Waals surface area contributed by atoms with Crippen molar-refractivity contribution in [2.45, 2.75) is 57.5 Å². The highest BCUT2D eigenvalue weighted by atomic mass is 16.3. The van der Waals surface area contributed by atoms with Crippen molar-refractivity contribution in [1.29, 1.82) is 0 Å². The standard InChI is InChI=1S/C16H27NO/c18-15(14-1-3-17-4-2-14)16-8-11-5-12(9-16)7-13(6-11)10-16/h11-15,17-18H,1-10H2. The maximum Gasteiger partial charge on any atom is 0.0625 e. The molecule has 5 aliphatic rings. The number of piperidine rings is 1. The van der Waals surface area contributed by atoms with Gasteiger partial charge in [-0.25, -0.2) is 0 Å². The van der Waals surface area contributed by atoms with Crippen LogP contribution in [0, 0.1) is 29.1 Å². The predicted octanol–water partition coefficient (Wildman–Crippen LogP) is 2.56. The molecule has 0 amide bonds. The summed E-state index contributed by atoms with van der Waals surface area (Å²) in [5, 5.41) is 14.4. The second kappa shape index (κ2) is 4.21. The van der Waals surface area contributed by atoms with E-state index in [1.807, 2.05) is 0 Å². The molecule has 0 aromatic rings. The molecule has 1 atom stereocenters. The predicted molar refractivity (Wildman–Crippen MR) is 72.2 cm³/mol. The molecule has 0 spiro atoms. The lowest BCUT2D eigenvalue weighted by Gasteiger charge is -2.59. The molecule has 1 heterocycles. The van der Waals surface area contributed by atoms with Gasteiger partial charge in [-0.05, 0) is 93.5 Å². The van der Waals surface area contributed by atoms with Crippen LogP contribution in [0.5, 0.6) is 0 Å². The number of aliphatic hydroxyl groups excluding tert-OH is 1. The second-order valence-corrected chi connectivity index (χ2v) is 7.81. The Morgan fingerprint density at radius 3 is 1.89 bits per heavy atom. The minimum Gasteiger partial charge on any atom is -0.392 e. The van der Waals surface area contributed by atoms with Crippen LogP contribution < -0.4 is 5.32 Å². The fourth-order valence-electron chi connectivity index (χ4n) is 6.20. The Kier molecular flexibility index (Phi) is 2.74. The fourth-order valence-corrected chi connectivity index (χ4v) is 6.20. The average Bonchev–Trinajstić information content (AvgIpc) is 2.37. The summed E-state index contributed by atoms with van der Waals surface area (Å²) in [6.45, 7) is 2.24. The Balaban J connectivity index is 1.55. The molecule has 4 aliphatic carbocycles. The van der Waals surface area contributed by atoms with E-state index in [9.17, 15) is 5.11 Å². The number of nitrogens with one attached hydrogen (secondary N) is 1. The van der Waals surface area contributed by atoms with Crippen LogP contribution in [0.3, 0.4) is 0 Å². The van der Waals surface area contributed by atoms with E-state index < -0.39 is 0 Å². The van der Waals surface area contributed by atoms with Crippen molar-refractivity contribution in [2.75, 3.05) is 13.1 Å². The van der Waals surface area contributed by atoms with Crippen molar-refractivity contribution in [3.63, 3.8) is 0 Å². The molecule has 0 radical (unpaired) electrons. The van der Waals surface area contributed by atoms with Gasteiger partial charge in [0.2, 0.25) is 0 Å². The molecule has 4 saturated carbocycles. The third-order valence-corrected chi connectivity index (χ3v) is 6.54. The number of aliphatic hydroxyl groups is 1. The molecular weight excluding hydrogens is 222 g/mol. The van der Waals surface area contributed by atoms with E-state index in [0.717, 1.165) is 30.8 Å². The number of hydrogen-bond acceptors (Lipinski definition) is 2. The first-order valence-corrected chi connectivity index (χ1v) is 8.14. The summed E-state index contributed by atoms with van der Waals surface area (Å²) < 4.78 is 0. The minimum absolute atomic E-state index is 0.00741. The van der Waals surface area contributed by atoms with Crippen molar-refractivity contribution >= 4 is 0 Å². The SMILES string of the molecule is OC(C1CCNCC1)C12CC3CC(CC(C3)C1)C2. The lowest BCUT2D eigenvalue weighted by Crippen LogP contribution is -2.54. The normalized spacial score (nSPS) is 49.5. The van der Waals surface area contributed by atoms with Gasteiger partial charge >= 0.3 is 0 Å². The fraction of sp³-hybridized carbons (Fsp3) is 1.00. The Bertz CT molecular complexity index is 286. The summed E-state index contributed by atoms with van der Waals surface area (Å²) >= 11 is 0. The molecule has 2 N–H and O–H groups in total. The van der Waals surface area contributed by atoms with Gasteiger partial charge in [0.1, 0.15) is 0 Å². The molecule has 18 heavy (non-hydrogen) atoms. The molecule has 2 heteroatoms. The lowest BCUT2D eigenvalue weighted by molar-refractivity contribution is -0.140. The van der Waals surface area contributed by atoms with Crippen molar-refractivity contribution < 1.29 is 5.11 Å². The average molecular weight is 249 g/mol. The van der Waals surface area contributed by atoms with Crippen LogP contribution in [0.4, 0.5) is 0 Å². The van der Waals surface area contributed by atoms with E-state index in [1.54, 1.807) is 0 Å². The molecule has 5 fully saturated rings. The Morgan fingerprint density at radius 2 is 1.39 bits per heavy atom. The van der Waals surface area contributed by atoms with Crippen LogP contribution in [0.1, 0.15) is 51.4 Å². The zero-order valence-corrected chi connectivity index (χ0v) is 11.4. The zero-order chi connectivity index (χ0) is 12.2. The topological polar surface area (TPSA) is 32.3 Å². The largest absolute Gasteiger partial charge is 0.392 e. The summed E-state index contributed by atoms with van der Waals surface area (Å²) in [4.78, 5) is 0. The Labute approximate surface area is 111 Å². The summed E-state index contributed by atoms with van der Waals surface area (Å²) in [5.74, 6) is 3.48. The molecule has 0 aromatic heterocycles. The van der Waals surface area contributed by atoms with Crippen molar-refractivity contribution in [1.82, 2.24) is 5.32 Å². The van der Waals surface area contributed by atoms with Crippen LogP contribution in [0.2, 0.25) is 0 Å². The van der Waals surface area contributed by atoms with Crippen LogP contribution in [-0.2, 0) is 0 Å². The third kappa shape index (κ3) is 1.76. The highest BCUT2D eigenvalue weighted by Crippen LogP contribution is 2.62. The van der Waals surface area contributed by atoms with Gasteiger partial charge in [-0.15, -0.1) is 0 Å². The highest BCUT2D eigenvalue weighted by molar-refractivity contribution is 5.05. The summed E-state index contributed by atoms with van der Waals surface area (Å²) in [6, 6.07) is 0. The summed E-state index contributed by atoms with van der Waals surface area (Å²) in [6.07, 6.45) is 10.9. The second-order valence-electron chi connectivity index (χ2n) is 7.81. The van der Waals surface area contributed by atoms with E-state index in [0.29, 0.717) is 11.3 Å². The number of rotatable bonds is 2. The molecule has 102 valence electrons. The molecule has 5 rings (SSSR count). The van der Waals surface area contributed by atoms with Crippen LogP contribution in [0.25, 0.3) is 0 Å². The van der Waals surface area contributed by atoms with Gasteiger partial charge in [0, 0.05) is 0 Å². The Hall–Kier alpha value is -0.0800. The highest BCUT2D eigenvalue weighted by Gasteiger charge is 2.55. The van der Waals surface area contributed by atoms with Gasteiger partial charge < -0.3 is 10.4 Å². The first kappa shape index (κ1) is 11.7. The zero-order valence-electron chi connectivity index (χ0n) is 11.4. The summed E-state index contributed by atoms with van der Waals surface area (Å²) in [5.41, 5.74) is 0.344. The Morgan fingerprint density at radius 1 is 0.889 bits per heavy atom. The number of hydrogen-bond donors (Lipinski definition) is 2.